The number of rotatable bonds is 3. The molecule has 0 spiro atoms. The zero-order chi connectivity index (χ0) is 9.68. The van der Waals surface area contributed by atoms with Crippen molar-refractivity contribution >= 4 is 5.91 Å². The van der Waals surface area contributed by atoms with Gasteiger partial charge in [-0.15, -0.1) is 0 Å². The van der Waals surface area contributed by atoms with Crippen LogP contribution >= 0.6 is 0 Å². The lowest BCUT2D eigenvalue weighted by molar-refractivity contribution is -0.120. The molecular weight excluding hydrogens is 168 g/mol. The molecule has 0 aromatic carbocycles. The molecule has 0 aliphatic rings. The second kappa shape index (κ2) is 4.45. The number of amides is 1. The lowest BCUT2D eigenvalue weighted by atomic mass is 10.3. The van der Waals surface area contributed by atoms with Crippen LogP contribution in [0, 0.1) is 0 Å². The van der Waals surface area contributed by atoms with Crippen molar-refractivity contribution in [3.8, 4) is 0 Å². The molecule has 0 aliphatic carbocycles. The van der Waals surface area contributed by atoms with Crippen molar-refractivity contribution in [2.24, 2.45) is 0 Å². The predicted octanol–water partition coefficient (Wildman–Crippen LogP) is 0.401. The average Bonchev–Trinajstić information content (AvgIpc) is 2.16. The zero-order valence-corrected chi connectivity index (χ0v) is 7.46. The van der Waals surface area contributed by atoms with E-state index >= 15 is 0 Å². The highest BCUT2D eigenvalue weighted by molar-refractivity contribution is 5.75. The number of aromatic amines is 1. The van der Waals surface area contributed by atoms with Crippen molar-refractivity contribution in [1.82, 2.24) is 10.3 Å². The first kappa shape index (κ1) is 9.51. The van der Waals surface area contributed by atoms with Crippen LogP contribution in [-0.2, 0) is 11.3 Å². The Morgan fingerprint density at radius 1 is 1.54 bits per heavy atom. The quantitative estimate of drug-likeness (QED) is 0.707. The summed E-state index contributed by atoms with van der Waals surface area (Å²) in [6.45, 7) is 2.26. The smallest absolute Gasteiger partial charge is 0.247 e. The van der Waals surface area contributed by atoms with Gasteiger partial charge in [0.25, 0.3) is 0 Å². The summed E-state index contributed by atoms with van der Waals surface area (Å²) in [6.07, 6.45) is 2.07. The van der Waals surface area contributed by atoms with E-state index in [2.05, 4.69) is 10.3 Å². The largest absolute Gasteiger partial charge is 0.352 e. The van der Waals surface area contributed by atoms with Crippen LogP contribution in [0.3, 0.4) is 0 Å². The van der Waals surface area contributed by atoms with E-state index < -0.39 is 0 Å². The van der Waals surface area contributed by atoms with Crippen LogP contribution in [0.5, 0.6) is 0 Å². The molecule has 0 bridgehead atoms. The van der Waals surface area contributed by atoms with Crippen LogP contribution in [0.25, 0.3) is 0 Å². The summed E-state index contributed by atoms with van der Waals surface area (Å²) in [5.41, 5.74) is 0.756. The Hall–Kier alpha value is -1.58. The first-order valence-corrected chi connectivity index (χ1v) is 4.16. The van der Waals surface area contributed by atoms with E-state index in [-0.39, 0.29) is 11.5 Å². The minimum Gasteiger partial charge on any atom is -0.352 e. The van der Waals surface area contributed by atoms with Crippen LogP contribution in [0.15, 0.2) is 23.1 Å². The summed E-state index contributed by atoms with van der Waals surface area (Å²) in [5.74, 6) is 0.00574. The first-order valence-electron chi connectivity index (χ1n) is 4.16. The number of aromatic nitrogens is 1. The van der Waals surface area contributed by atoms with Crippen LogP contribution < -0.4 is 10.9 Å². The van der Waals surface area contributed by atoms with Gasteiger partial charge in [0.1, 0.15) is 0 Å². The van der Waals surface area contributed by atoms with Crippen LogP contribution in [0.2, 0.25) is 0 Å². The topological polar surface area (TPSA) is 62.0 Å². The molecule has 1 amide bonds. The summed E-state index contributed by atoms with van der Waals surface area (Å²) in [4.78, 5) is 24.1. The highest BCUT2D eigenvalue weighted by Gasteiger charge is 1.96. The van der Waals surface area contributed by atoms with Crippen molar-refractivity contribution in [2.45, 2.75) is 19.9 Å². The molecule has 0 radical (unpaired) electrons. The van der Waals surface area contributed by atoms with Gasteiger partial charge in [0.2, 0.25) is 11.5 Å². The monoisotopic (exact) mass is 180 g/mol. The van der Waals surface area contributed by atoms with Crippen LogP contribution in [0.4, 0.5) is 0 Å². The van der Waals surface area contributed by atoms with Gasteiger partial charge in [-0.05, 0) is 5.56 Å². The van der Waals surface area contributed by atoms with Gasteiger partial charge in [-0.3, -0.25) is 9.59 Å². The van der Waals surface area contributed by atoms with E-state index in [0.717, 1.165) is 5.56 Å². The van der Waals surface area contributed by atoms with Crippen molar-refractivity contribution in [3.05, 3.63) is 34.2 Å². The summed E-state index contributed by atoms with van der Waals surface area (Å²) >= 11 is 0. The standard InChI is InChI=1S/C9H12N2O2/c1-2-8(12)10-5-7-3-4-9(13)11-6-7/h3-4,6H,2,5H2,1H3,(H,10,12)(H,11,13). The molecule has 4 heteroatoms. The fourth-order valence-corrected chi connectivity index (χ4v) is 0.878. The van der Waals surface area contributed by atoms with Crippen molar-refractivity contribution in [3.63, 3.8) is 0 Å². The van der Waals surface area contributed by atoms with Gasteiger partial charge in [-0.1, -0.05) is 13.0 Å². The van der Waals surface area contributed by atoms with E-state index in [4.69, 9.17) is 0 Å². The molecule has 70 valence electrons. The number of nitrogens with one attached hydrogen (secondary N) is 2. The van der Waals surface area contributed by atoms with Gasteiger partial charge in [0, 0.05) is 25.2 Å². The summed E-state index contributed by atoms with van der Waals surface area (Å²) < 4.78 is 0. The van der Waals surface area contributed by atoms with Crippen molar-refractivity contribution in [1.29, 1.82) is 0 Å². The molecule has 0 unspecified atom stereocenters. The van der Waals surface area contributed by atoms with Crippen LogP contribution in [0.1, 0.15) is 18.9 Å². The Bertz CT molecular complexity index is 323. The Morgan fingerprint density at radius 3 is 2.85 bits per heavy atom. The maximum atomic E-state index is 10.9. The number of pyridine rings is 1. The maximum absolute atomic E-state index is 10.9. The number of carbonyl (C=O) groups is 1. The van der Waals surface area contributed by atoms with Gasteiger partial charge in [-0.2, -0.15) is 0 Å². The third-order valence-corrected chi connectivity index (χ3v) is 1.66. The minimum absolute atomic E-state index is 0.00574. The Balaban J connectivity index is 2.50. The highest BCUT2D eigenvalue weighted by Crippen LogP contribution is 1.91. The number of H-pyrrole nitrogens is 1. The van der Waals surface area contributed by atoms with Gasteiger partial charge >= 0.3 is 0 Å². The maximum Gasteiger partial charge on any atom is 0.247 e. The second-order valence-electron chi connectivity index (χ2n) is 2.69. The highest BCUT2D eigenvalue weighted by atomic mass is 16.1. The second-order valence-corrected chi connectivity index (χ2v) is 2.69. The average molecular weight is 180 g/mol. The SMILES string of the molecule is CCC(=O)NCc1ccc(=O)[nH]c1. The molecule has 0 fully saturated rings. The fraction of sp³-hybridized carbons (Fsp3) is 0.333. The van der Waals surface area contributed by atoms with Crippen molar-refractivity contribution in [2.75, 3.05) is 0 Å². The Labute approximate surface area is 76.0 Å². The molecular formula is C9H12N2O2. The molecule has 1 heterocycles. The molecule has 1 aromatic heterocycles. The molecule has 0 saturated carbocycles. The summed E-state index contributed by atoms with van der Waals surface area (Å²) in [7, 11) is 0. The number of hydrogen-bond donors (Lipinski definition) is 2. The zero-order valence-electron chi connectivity index (χ0n) is 7.46. The van der Waals surface area contributed by atoms with E-state index in [1.807, 2.05) is 0 Å². The Morgan fingerprint density at radius 2 is 2.31 bits per heavy atom. The third kappa shape index (κ3) is 3.11. The predicted molar refractivity (Wildman–Crippen MR) is 49.2 cm³/mol. The first-order chi connectivity index (χ1) is 6.22. The third-order valence-electron chi connectivity index (χ3n) is 1.66. The summed E-state index contributed by atoms with van der Waals surface area (Å²) in [6, 6.07) is 3.13. The summed E-state index contributed by atoms with van der Waals surface area (Å²) in [5, 5.41) is 2.71. The minimum atomic E-state index is -0.134. The van der Waals surface area contributed by atoms with E-state index in [1.165, 1.54) is 6.07 Å². The number of hydrogen-bond acceptors (Lipinski definition) is 2. The Kier molecular flexibility index (Phi) is 3.25. The molecule has 4 nitrogen and oxygen atoms in total. The molecule has 0 atom stereocenters. The molecule has 13 heavy (non-hydrogen) atoms. The molecule has 1 aromatic rings. The molecule has 0 aliphatic heterocycles. The van der Waals surface area contributed by atoms with Crippen molar-refractivity contribution < 1.29 is 4.79 Å². The molecule has 2 N–H and O–H groups in total. The van der Waals surface area contributed by atoms with E-state index in [1.54, 1.807) is 19.2 Å². The van der Waals surface area contributed by atoms with Gasteiger partial charge in [-0.25, -0.2) is 0 Å². The fourth-order valence-electron chi connectivity index (χ4n) is 0.878. The molecule has 1 rings (SSSR count). The van der Waals surface area contributed by atoms with E-state index in [9.17, 15) is 9.59 Å². The van der Waals surface area contributed by atoms with Gasteiger partial charge < -0.3 is 10.3 Å². The van der Waals surface area contributed by atoms with E-state index in [0.29, 0.717) is 13.0 Å². The lowest BCUT2D eigenvalue weighted by Crippen LogP contribution is -2.21. The van der Waals surface area contributed by atoms with Gasteiger partial charge in [0.15, 0.2) is 0 Å². The van der Waals surface area contributed by atoms with Crippen LogP contribution in [-0.4, -0.2) is 10.9 Å². The number of carbonyl (C=O) groups excluding carboxylic acids is 1. The normalized spacial score (nSPS) is 9.62. The lowest BCUT2D eigenvalue weighted by Gasteiger charge is -2.01. The molecule has 0 saturated heterocycles. The van der Waals surface area contributed by atoms with Gasteiger partial charge in [0.05, 0.1) is 0 Å².